The number of benzene rings is 1. The summed E-state index contributed by atoms with van der Waals surface area (Å²) >= 11 is 12.2. The SMILES string of the molecule is CCC1SC(=S)N(CCC(=O)Nc2cc(C(F)(F)F)ccc2Cl)C1=O. The van der Waals surface area contributed by atoms with Crippen LogP contribution in [0, 0.1) is 0 Å². The molecule has 0 aliphatic carbocycles. The lowest BCUT2D eigenvalue weighted by Gasteiger charge is -2.16. The summed E-state index contributed by atoms with van der Waals surface area (Å²) in [6, 6.07) is 2.68. The summed E-state index contributed by atoms with van der Waals surface area (Å²) in [5, 5.41) is 2.10. The molecule has 2 amide bonds. The van der Waals surface area contributed by atoms with Crippen LogP contribution in [0.3, 0.4) is 0 Å². The van der Waals surface area contributed by atoms with E-state index in [0.29, 0.717) is 10.7 Å². The van der Waals surface area contributed by atoms with Crippen molar-refractivity contribution in [1.29, 1.82) is 0 Å². The Kier molecular flexibility index (Phi) is 6.34. The second-order valence-corrected chi connectivity index (χ2v) is 7.50. The van der Waals surface area contributed by atoms with Crippen LogP contribution in [0.15, 0.2) is 18.2 Å². The number of alkyl halides is 3. The lowest BCUT2D eigenvalue weighted by Crippen LogP contribution is -2.34. The zero-order chi connectivity index (χ0) is 18.8. The highest BCUT2D eigenvalue weighted by Crippen LogP contribution is 2.34. The summed E-state index contributed by atoms with van der Waals surface area (Å²) < 4.78 is 38.6. The third kappa shape index (κ3) is 4.86. The average Bonchev–Trinajstić information content (AvgIpc) is 2.80. The van der Waals surface area contributed by atoms with E-state index in [-0.39, 0.29) is 34.8 Å². The van der Waals surface area contributed by atoms with E-state index in [1.165, 1.54) is 16.7 Å². The molecule has 1 saturated heterocycles. The van der Waals surface area contributed by atoms with Gasteiger partial charge in [-0.2, -0.15) is 13.2 Å². The summed E-state index contributed by atoms with van der Waals surface area (Å²) in [4.78, 5) is 25.4. The van der Waals surface area contributed by atoms with E-state index in [0.717, 1.165) is 18.2 Å². The van der Waals surface area contributed by atoms with Gasteiger partial charge >= 0.3 is 6.18 Å². The van der Waals surface area contributed by atoms with Gasteiger partial charge in [0.2, 0.25) is 11.8 Å². The normalized spacial score (nSPS) is 18.0. The standard InChI is InChI=1S/C15H14ClF3N2O2S2/c1-2-11-13(23)21(14(24)25-11)6-5-12(22)20-10-7-8(15(17,18)19)3-4-9(10)16/h3-4,7,11H,2,5-6H2,1H3,(H,20,22). The number of carbonyl (C=O) groups excluding carboxylic acids is 2. The van der Waals surface area contributed by atoms with Crippen LogP contribution >= 0.6 is 35.6 Å². The topological polar surface area (TPSA) is 49.4 Å². The van der Waals surface area contributed by atoms with Gasteiger partial charge in [0.1, 0.15) is 4.32 Å². The van der Waals surface area contributed by atoms with Crippen LogP contribution in [0.4, 0.5) is 18.9 Å². The molecular weight excluding hydrogens is 397 g/mol. The van der Waals surface area contributed by atoms with Crippen LogP contribution in [0.5, 0.6) is 0 Å². The fourth-order valence-corrected chi connectivity index (χ4v) is 3.82. The van der Waals surface area contributed by atoms with Crippen molar-refractivity contribution >= 4 is 57.4 Å². The largest absolute Gasteiger partial charge is 0.416 e. The minimum atomic E-state index is -4.54. The first-order valence-electron chi connectivity index (χ1n) is 7.32. The number of hydrogen-bond donors (Lipinski definition) is 1. The minimum absolute atomic E-state index is 0.00396. The summed E-state index contributed by atoms with van der Waals surface area (Å²) in [5.74, 6) is -0.704. The number of nitrogens with one attached hydrogen (secondary N) is 1. The summed E-state index contributed by atoms with van der Waals surface area (Å²) in [6.45, 7) is 1.94. The fourth-order valence-electron chi connectivity index (χ4n) is 2.18. The maximum Gasteiger partial charge on any atom is 0.416 e. The molecule has 1 aliphatic heterocycles. The zero-order valence-electron chi connectivity index (χ0n) is 13.0. The Morgan fingerprint density at radius 1 is 1.44 bits per heavy atom. The van der Waals surface area contributed by atoms with Crippen LogP contribution < -0.4 is 5.32 Å². The highest BCUT2D eigenvalue weighted by Gasteiger charge is 2.35. The van der Waals surface area contributed by atoms with Crippen LogP contribution in [0.25, 0.3) is 0 Å². The molecule has 1 N–H and O–H groups in total. The van der Waals surface area contributed by atoms with E-state index in [4.69, 9.17) is 23.8 Å². The molecular formula is C15H14ClF3N2O2S2. The van der Waals surface area contributed by atoms with Gasteiger partial charge in [0.05, 0.1) is 21.5 Å². The smallest absolute Gasteiger partial charge is 0.325 e. The molecule has 1 atom stereocenters. The predicted octanol–water partition coefficient (Wildman–Crippen LogP) is 4.33. The van der Waals surface area contributed by atoms with Crippen molar-refractivity contribution in [1.82, 2.24) is 4.90 Å². The van der Waals surface area contributed by atoms with Gasteiger partial charge in [0.15, 0.2) is 0 Å². The van der Waals surface area contributed by atoms with Gasteiger partial charge in [-0.15, -0.1) is 0 Å². The Balaban J connectivity index is 1.99. The zero-order valence-corrected chi connectivity index (χ0v) is 15.4. The van der Waals surface area contributed by atoms with Crippen LogP contribution in [-0.2, 0) is 15.8 Å². The van der Waals surface area contributed by atoms with E-state index >= 15 is 0 Å². The second kappa shape index (κ2) is 7.92. The molecule has 1 unspecified atom stereocenters. The molecule has 1 aliphatic rings. The maximum atomic E-state index is 12.7. The van der Waals surface area contributed by atoms with E-state index in [1.807, 2.05) is 6.92 Å². The van der Waals surface area contributed by atoms with E-state index in [9.17, 15) is 22.8 Å². The Labute approximate surface area is 157 Å². The highest BCUT2D eigenvalue weighted by molar-refractivity contribution is 8.24. The highest BCUT2D eigenvalue weighted by atomic mass is 35.5. The van der Waals surface area contributed by atoms with Crippen molar-refractivity contribution in [3.63, 3.8) is 0 Å². The molecule has 1 heterocycles. The number of hydrogen-bond acceptors (Lipinski definition) is 4. The number of halogens is 4. The van der Waals surface area contributed by atoms with Gasteiger partial charge in [-0.3, -0.25) is 14.5 Å². The van der Waals surface area contributed by atoms with Crippen molar-refractivity contribution < 1.29 is 22.8 Å². The van der Waals surface area contributed by atoms with Gasteiger partial charge < -0.3 is 5.32 Å². The average molecular weight is 411 g/mol. The van der Waals surface area contributed by atoms with E-state index < -0.39 is 17.6 Å². The molecule has 1 aromatic rings. The number of carbonyl (C=O) groups is 2. The van der Waals surface area contributed by atoms with E-state index in [2.05, 4.69) is 5.32 Å². The lowest BCUT2D eigenvalue weighted by atomic mass is 10.2. The van der Waals surface area contributed by atoms with Crippen molar-refractivity contribution in [2.24, 2.45) is 0 Å². The summed E-state index contributed by atoms with van der Waals surface area (Å²) in [5.41, 5.74) is -1.04. The number of thiocarbonyl (C=S) groups is 1. The first-order chi connectivity index (χ1) is 11.6. The van der Waals surface area contributed by atoms with Gasteiger partial charge in [-0.1, -0.05) is 42.5 Å². The Hall–Kier alpha value is -1.32. The second-order valence-electron chi connectivity index (χ2n) is 5.26. The van der Waals surface area contributed by atoms with Crippen molar-refractivity contribution in [3.8, 4) is 0 Å². The molecule has 4 nitrogen and oxygen atoms in total. The van der Waals surface area contributed by atoms with Crippen molar-refractivity contribution in [2.75, 3.05) is 11.9 Å². The number of thioether (sulfide) groups is 1. The van der Waals surface area contributed by atoms with Crippen LogP contribution in [-0.4, -0.2) is 32.8 Å². The molecule has 136 valence electrons. The monoisotopic (exact) mass is 410 g/mol. The number of rotatable bonds is 5. The third-order valence-corrected chi connectivity index (χ3v) is 5.59. The van der Waals surface area contributed by atoms with Gasteiger partial charge in [0.25, 0.3) is 0 Å². The third-order valence-electron chi connectivity index (χ3n) is 3.51. The summed E-state index contributed by atoms with van der Waals surface area (Å²) in [6.07, 6.45) is -4.01. The van der Waals surface area contributed by atoms with Crippen molar-refractivity contribution in [2.45, 2.75) is 31.2 Å². The number of nitrogens with zero attached hydrogens (tertiary/aromatic N) is 1. The number of amides is 2. The van der Waals surface area contributed by atoms with Crippen LogP contribution in [0.2, 0.25) is 5.02 Å². The summed E-state index contributed by atoms with van der Waals surface area (Å²) in [7, 11) is 0. The maximum absolute atomic E-state index is 12.7. The minimum Gasteiger partial charge on any atom is -0.325 e. The van der Waals surface area contributed by atoms with Crippen molar-refractivity contribution in [3.05, 3.63) is 28.8 Å². The molecule has 2 rings (SSSR count). The molecule has 10 heteroatoms. The Bertz CT molecular complexity index is 713. The molecule has 25 heavy (non-hydrogen) atoms. The Morgan fingerprint density at radius 2 is 2.12 bits per heavy atom. The van der Waals surface area contributed by atoms with Gasteiger partial charge in [0, 0.05) is 13.0 Å². The lowest BCUT2D eigenvalue weighted by molar-refractivity contribution is -0.137. The first kappa shape index (κ1) is 20.0. The first-order valence-corrected chi connectivity index (χ1v) is 8.98. The molecule has 1 aromatic carbocycles. The van der Waals surface area contributed by atoms with E-state index in [1.54, 1.807) is 0 Å². The molecule has 1 fully saturated rings. The quantitative estimate of drug-likeness (QED) is 0.734. The molecule has 0 saturated carbocycles. The van der Waals surface area contributed by atoms with Gasteiger partial charge in [-0.05, 0) is 24.6 Å². The fraction of sp³-hybridized carbons (Fsp3) is 0.400. The number of anilines is 1. The van der Waals surface area contributed by atoms with Crippen LogP contribution in [0.1, 0.15) is 25.3 Å². The molecule has 0 radical (unpaired) electrons. The molecule has 0 aromatic heterocycles. The molecule has 0 bridgehead atoms. The predicted molar refractivity (Wildman–Crippen MR) is 95.7 cm³/mol. The Morgan fingerprint density at radius 3 is 2.68 bits per heavy atom. The molecule has 0 spiro atoms. The van der Waals surface area contributed by atoms with Gasteiger partial charge in [-0.25, -0.2) is 0 Å².